The third-order valence-electron chi connectivity index (χ3n) is 5.91. The third-order valence-corrected chi connectivity index (χ3v) is 5.91. The van der Waals surface area contributed by atoms with E-state index in [0.29, 0.717) is 29.5 Å². The Morgan fingerprint density at radius 3 is 2.94 bits per heavy atom. The molecule has 2 aliphatic heterocycles. The first kappa shape index (κ1) is 19.8. The predicted molar refractivity (Wildman–Crippen MR) is 113 cm³/mol. The molecule has 0 aliphatic carbocycles. The lowest BCUT2D eigenvalue weighted by molar-refractivity contribution is -0.118. The molecule has 162 valence electrons. The maximum absolute atomic E-state index is 13.4. The van der Waals surface area contributed by atoms with Crippen LogP contribution in [0, 0.1) is 5.82 Å². The number of piperidine rings is 1. The summed E-state index contributed by atoms with van der Waals surface area (Å²) in [6.07, 6.45) is 2.92. The molecule has 3 aromatic rings. The molecule has 0 saturated carbocycles. The Labute approximate surface area is 179 Å². The van der Waals surface area contributed by atoms with E-state index in [1.165, 1.54) is 12.1 Å². The lowest BCUT2D eigenvalue weighted by atomic mass is 9.91. The van der Waals surface area contributed by atoms with E-state index in [2.05, 4.69) is 15.4 Å². The van der Waals surface area contributed by atoms with Crippen LogP contribution < -0.4 is 14.8 Å². The molecule has 3 heterocycles. The minimum atomic E-state index is -0.305. The number of halogens is 1. The van der Waals surface area contributed by atoms with Crippen LogP contribution in [0.3, 0.4) is 0 Å². The van der Waals surface area contributed by atoms with Gasteiger partial charge in [0.1, 0.15) is 17.3 Å². The summed E-state index contributed by atoms with van der Waals surface area (Å²) >= 11 is 0. The molecule has 0 atom stereocenters. The first-order chi connectivity index (χ1) is 15.2. The number of anilines is 1. The van der Waals surface area contributed by atoms with Crippen LogP contribution in [0.2, 0.25) is 0 Å². The van der Waals surface area contributed by atoms with Crippen molar-refractivity contribution < 1.29 is 23.2 Å². The molecule has 1 aromatic heterocycles. The summed E-state index contributed by atoms with van der Waals surface area (Å²) < 4.78 is 29.9. The first-order valence-electron chi connectivity index (χ1n) is 10.6. The van der Waals surface area contributed by atoms with E-state index in [-0.39, 0.29) is 18.3 Å². The van der Waals surface area contributed by atoms with Gasteiger partial charge in [-0.25, -0.2) is 4.39 Å². The van der Waals surface area contributed by atoms with Gasteiger partial charge in [0.15, 0.2) is 12.2 Å². The summed E-state index contributed by atoms with van der Waals surface area (Å²) in [6, 6.07) is 10.1. The second kappa shape index (κ2) is 8.55. The first-order valence-corrected chi connectivity index (χ1v) is 10.6. The number of aromatic nitrogens is 1. The van der Waals surface area contributed by atoms with Gasteiger partial charge in [0, 0.05) is 30.0 Å². The van der Waals surface area contributed by atoms with Crippen LogP contribution in [-0.2, 0) is 4.79 Å². The van der Waals surface area contributed by atoms with Gasteiger partial charge in [-0.15, -0.1) is 0 Å². The highest BCUT2D eigenvalue weighted by Gasteiger charge is 2.25. The van der Waals surface area contributed by atoms with E-state index >= 15 is 0 Å². The van der Waals surface area contributed by atoms with E-state index < -0.39 is 0 Å². The number of ether oxygens (including phenoxy) is 2. The maximum atomic E-state index is 13.4. The quantitative estimate of drug-likeness (QED) is 0.603. The molecule has 5 rings (SSSR count). The van der Waals surface area contributed by atoms with E-state index in [1.54, 1.807) is 12.1 Å². The molecule has 0 bridgehead atoms. The van der Waals surface area contributed by atoms with Crippen molar-refractivity contribution in [1.82, 2.24) is 10.1 Å². The third kappa shape index (κ3) is 4.34. The van der Waals surface area contributed by atoms with Crippen molar-refractivity contribution in [1.29, 1.82) is 0 Å². The molecule has 1 N–H and O–H groups in total. The van der Waals surface area contributed by atoms with Gasteiger partial charge in [-0.2, -0.15) is 0 Å². The fourth-order valence-corrected chi connectivity index (χ4v) is 4.29. The Balaban J connectivity index is 1.08. The molecule has 2 aromatic carbocycles. The van der Waals surface area contributed by atoms with Gasteiger partial charge in [-0.1, -0.05) is 5.16 Å². The van der Waals surface area contributed by atoms with Gasteiger partial charge < -0.3 is 24.2 Å². The number of carbonyl (C=O) groups excluding carboxylic acids is 1. The normalized spacial score (nSPS) is 17.3. The van der Waals surface area contributed by atoms with Crippen LogP contribution in [0.4, 0.5) is 10.1 Å². The van der Waals surface area contributed by atoms with Crippen molar-refractivity contribution in [3.8, 4) is 11.5 Å². The van der Waals surface area contributed by atoms with Crippen molar-refractivity contribution in [3.63, 3.8) is 0 Å². The number of rotatable bonds is 6. The van der Waals surface area contributed by atoms with Crippen LogP contribution in [0.5, 0.6) is 11.5 Å². The van der Waals surface area contributed by atoms with Crippen LogP contribution in [0.1, 0.15) is 30.9 Å². The Morgan fingerprint density at radius 2 is 2.06 bits per heavy atom. The monoisotopic (exact) mass is 425 g/mol. The zero-order valence-corrected chi connectivity index (χ0v) is 17.1. The summed E-state index contributed by atoms with van der Waals surface area (Å²) in [6.45, 7) is 3.59. The summed E-state index contributed by atoms with van der Waals surface area (Å²) in [5, 5.41) is 7.92. The molecule has 8 heteroatoms. The number of benzene rings is 2. The summed E-state index contributed by atoms with van der Waals surface area (Å²) in [7, 11) is 0. The molecular formula is C23H24FN3O4. The number of carbonyl (C=O) groups is 1. The Morgan fingerprint density at radius 1 is 1.19 bits per heavy atom. The number of fused-ring (bicyclic) bond motifs is 2. The fourth-order valence-electron chi connectivity index (χ4n) is 4.29. The topological polar surface area (TPSA) is 76.8 Å². The van der Waals surface area contributed by atoms with Crippen molar-refractivity contribution in [2.45, 2.75) is 25.2 Å². The van der Waals surface area contributed by atoms with Gasteiger partial charge >= 0.3 is 0 Å². The average Bonchev–Trinajstić information content (AvgIpc) is 3.20. The zero-order chi connectivity index (χ0) is 21.2. The molecule has 0 radical (unpaired) electrons. The lowest BCUT2D eigenvalue weighted by Gasteiger charge is -2.31. The fraction of sp³-hybridized carbons (Fsp3) is 0.391. The number of nitrogens with zero attached hydrogens (tertiary/aromatic N) is 2. The largest absolute Gasteiger partial charge is 0.493 e. The molecule has 1 amide bonds. The minimum Gasteiger partial charge on any atom is -0.493 e. The molecule has 1 saturated heterocycles. The second-order valence-electron chi connectivity index (χ2n) is 8.02. The summed E-state index contributed by atoms with van der Waals surface area (Å²) in [5.41, 5.74) is 2.11. The van der Waals surface area contributed by atoms with E-state index in [1.807, 2.05) is 12.1 Å². The van der Waals surface area contributed by atoms with Crippen molar-refractivity contribution in [2.75, 3.05) is 38.2 Å². The average molecular weight is 425 g/mol. The Bertz CT molecular complexity index is 1090. The minimum absolute atomic E-state index is 0.0509. The van der Waals surface area contributed by atoms with Crippen LogP contribution in [-0.4, -0.2) is 48.8 Å². The maximum Gasteiger partial charge on any atom is 0.262 e. The number of hydrogen-bond donors (Lipinski definition) is 1. The molecule has 7 nitrogen and oxygen atoms in total. The highest BCUT2D eigenvalue weighted by atomic mass is 19.1. The molecule has 0 unspecified atom stereocenters. The SMILES string of the molecule is O=C1COc2ccc(OCCCN3CCC(c4noc5cc(F)ccc45)CC3)cc2N1. The highest BCUT2D eigenvalue weighted by Crippen LogP contribution is 2.33. The summed E-state index contributed by atoms with van der Waals surface area (Å²) in [5.74, 6) is 1.27. The van der Waals surface area contributed by atoms with E-state index in [0.717, 1.165) is 55.7 Å². The van der Waals surface area contributed by atoms with Crippen LogP contribution in [0.15, 0.2) is 40.9 Å². The second-order valence-corrected chi connectivity index (χ2v) is 8.02. The molecule has 0 spiro atoms. The highest BCUT2D eigenvalue weighted by molar-refractivity contribution is 5.95. The molecule has 2 aliphatic rings. The van der Waals surface area contributed by atoms with Gasteiger partial charge in [0.2, 0.25) is 0 Å². The smallest absolute Gasteiger partial charge is 0.262 e. The standard InChI is InChI=1S/C23H24FN3O4/c24-16-2-4-18-21(12-16)31-26-23(18)15-6-9-27(10-7-15)8-1-11-29-17-3-5-20-19(13-17)25-22(28)14-30-20/h2-5,12-13,15H,1,6-11,14H2,(H,25,28). The van der Waals surface area contributed by atoms with E-state index in [9.17, 15) is 9.18 Å². The van der Waals surface area contributed by atoms with Gasteiger partial charge in [0.25, 0.3) is 5.91 Å². The Kier molecular flexibility index (Phi) is 5.46. The number of amides is 1. The molecule has 31 heavy (non-hydrogen) atoms. The zero-order valence-electron chi connectivity index (χ0n) is 17.1. The van der Waals surface area contributed by atoms with E-state index in [4.69, 9.17) is 14.0 Å². The van der Waals surface area contributed by atoms with Crippen LogP contribution >= 0.6 is 0 Å². The molecular weight excluding hydrogens is 401 g/mol. The van der Waals surface area contributed by atoms with Crippen molar-refractivity contribution in [2.24, 2.45) is 0 Å². The summed E-state index contributed by atoms with van der Waals surface area (Å²) in [4.78, 5) is 13.9. The molecule has 1 fully saturated rings. The van der Waals surface area contributed by atoms with Crippen LogP contribution in [0.25, 0.3) is 11.0 Å². The van der Waals surface area contributed by atoms with Gasteiger partial charge in [-0.3, -0.25) is 4.79 Å². The predicted octanol–water partition coefficient (Wildman–Crippen LogP) is 3.95. The van der Waals surface area contributed by atoms with Crippen molar-refractivity contribution >= 4 is 22.6 Å². The van der Waals surface area contributed by atoms with Gasteiger partial charge in [-0.05, 0) is 56.6 Å². The van der Waals surface area contributed by atoms with Crippen molar-refractivity contribution in [3.05, 3.63) is 47.9 Å². The number of nitrogens with one attached hydrogen (secondary N) is 1. The number of likely N-dealkylation sites (tertiary alicyclic amines) is 1. The Hall–Kier alpha value is -3.13. The lowest BCUT2D eigenvalue weighted by Crippen LogP contribution is -2.34. The number of hydrogen-bond acceptors (Lipinski definition) is 6. The van der Waals surface area contributed by atoms with Gasteiger partial charge in [0.05, 0.1) is 18.0 Å².